The van der Waals surface area contributed by atoms with Gasteiger partial charge in [-0.2, -0.15) is 11.8 Å². The summed E-state index contributed by atoms with van der Waals surface area (Å²) in [5.41, 5.74) is 0. The minimum atomic E-state index is 0.307. The van der Waals surface area contributed by atoms with Crippen LogP contribution in [0.1, 0.15) is 25.7 Å². The zero-order chi connectivity index (χ0) is 11.4. The molecule has 0 radical (unpaired) electrons. The van der Waals surface area contributed by atoms with Crippen LogP contribution in [0.4, 0.5) is 5.82 Å². The smallest absolute Gasteiger partial charge is 0.224 e. The fourth-order valence-electron chi connectivity index (χ4n) is 2.15. The Morgan fingerprint density at radius 2 is 2.25 bits per heavy atom. The minimum Gasteiger partial charge on any atom is -0.366 e. The summed E-state index contributed by atoms with van der Waals surface area (Å²) in [5, 5.41) is 4.46. The molecule has 0 aliphatic heterocycles. The number of rotatable bonds is 3. The summed E-state index contributed by atoms with van der Waals surface area (Å²) in [7, 11) is 0. The van der Waals surface area contributed by atoms with E-state index >= 15 is 0 Å². The molecule has 0 aromatic carbocycles. The lowest BCUT2D eigenvalue weighted by atomic mass is 9.95. The highest BCUT2D eigenvalue weighted by Gasteiger charge is 2.24. The Balaban J connectivity index is 2.02. The van der Waals surface area contributed by atoms with Gasteiger partial charge in [-0.1, -0.05) is 12.8 Å². The molecule has 0 amide bonds. The van der Waals surface area contributed by atoms with E-state index < -0.39 is 0 Å². The van der Waals surface area contributed by atoms with Gasteiger partial charge < -0.3 is 5.32 Å². The fourth-order valence-corrected chi connectivity index (χ4v) is 3.23. The van der Waals surface area contributed by atoms with Crippen LogP contribution in [-0.4, -0.2) is 27.5 Å². The molecule has 1 aromatic rings. The van der Waals surface area contributed by atoms with E-state index in [1.807, 2.05) is 17.8 Å². The van der Waals surface area contributed by atoms with Gasteiger partial charge in [0.25, 0.3) is 0 Å². The molecule has 1 aliphatic rings. The zero-order valence-electron chi connectivity index (χ0n) is 9.32. The van der Waals surface area contributed by atoms with Gasteiger partial charge in [0, 0.05) is 17.5 Å². The molecule has 1 fully saturated rings. The van der Waals surface area contributed by atoms with E-state index in [2.05, 4.69) is 21.5 Å². The van der Waals surface area contributed by atoms with Crippen LogP contribution in [0.2, 0.25) is 5.28 Å². The average molecular weight is 258 g/mol. The van der Waals surface area contributed by atoms with Gasteiger partial charge >= 0.3 is 0 Å². The van der Waals surface area contributed by atoms with Gasteiger partial charge in [0.1, 0.15) is 5.82 Å². The van der Waals surface area contributed by atoms with Crippen molar-refractivity contribution in [1.82, 2.24) is 9.97 Å². The predicted molar refractivity (Wildman–Crippen MR) is 70.2 cm³/mol. The monoisotopic (exact) mass is 257 g/mol. The van der Waals surface area contributed by atoms with E-state index in [-0.39, 0.29) is 0 Å². The number of halogens is 1. The molecule has 1 saturated carbocycles. The topological polar surface area (TPSA) is 37.8 Å². The van der Waals surface area contributed by atoms with Crippen molar-refractivity contribution in [3.05, 3.63) is 17.5 Å². The van der Waals surface area contributed by atoms with Gasteiger partial charge in [-0.05, 0) is 36.8 Å². The summed E-state index contributed by atoms with van der Waals surface area (Å²) >= 11 is 7.70. The Kier molecular flexibility index (Phi) is 4.29. The second kappa shape index (κ2) is 5.73. The standard InChI is InChI=1S/C11H16ClN3S/c1-16-9-5-3-2-4-8(9)14-10-6-7-13-11(12)15-10/h6-9H,2-5H2,1H3,(H,13,14,15). The van der Waals surface area contributed by atoms with Crippen molar-refractivity contribution < 1.29 is 0 Å². The Hall–Kier alpha value is -0.480. The van der Waals surface area contributed by atoms with Gasteiger partial charge in [-0.3, -0.25) is 0 Å². The molecular formula is C11H16ClN3S. The van der Waals surface area contributed by atoms with Crippen molar-refractivity contribution in [2.75, 3.05) is 11.6 Å². The van der Waals surface area contributed by atoms with Crippen LogP contribution in [0.25, 0.3) is 0 Å². The summed E-state index contributed by atoms with van der Waals surface area (Å²) in [6.07, 6.45) is 9.01. The lowest BCUT2D eigenvalue weighted by Crippen LogP contribution is -2.34. The van der Waals surface area contributed by atoms with Gasteiger partial charge in [0.2, 0.25) is 5.28 Å². The Morgan fingerprint density at radius 3 is 3.00 bits per heavy atom. The maximum atomic E-state index is 5.77. The second-order valence-corrected chi connectivity index (χ2v) is 5.44. The Labute approximate surface area is 105 Å². The first-order valence-electron chi connectivity index (χ1n) is 5.57. The van der Waals surface area contributed by atoms with Gasteiger partial charge in [-0.15, -0.1) is 0 Å². The van der Waals surface area contributed by atoms with Crippen LogP contribution in [-0.2, 0) is 0 Å². The van der Waals surface area contributed by atoms with Crippen molar-refractivity contribution in [3.8, 4) is 0 Å². The number of nitrogens with one attached hydrogen (secondary N) is 1. The molecule has 1 N–H and O–H groups in total. The van der Waals surface area contributed by atoms with E-state index in [9.17, 15) is 0 Å². The van der Waals surface area contributed by atoms with E-state index in [1.54, 1.807) is 6.20 Å². The first-order chi connectivity index (χ1) is 7.79. The third kappa shape index (κ3) is 3.01. The molecule has 5 heteroatoms. The maximum Gasteiger partial charge on any atom is 0.224 e. The number of nitrogens with zero attached hydrogens (tertiary/aromatic N) is 2. The molecule has 2 rings (SSSR count). The van der Waals surface area contributed by atoms with Crippen LogP contribution < -0.4 is 5.32 Å². The Bertz CT molecular complexity index is 348. The number of anilines is 1. The minimum absolute atomic E-state index is 0.307. The molecule has 0 saturated heterocycles. The number of thioether (sulfide) groups is 1. The summed E-state index contributed by atoms with van der Waals surface area (Å²) in [4.78, 5) is 8.05. The molecule has 0 spiro atoms. The van der Waals surface area contributed by atoms with Crippen LogP contribution >= 0.6 is 23.4 Å². The SMILES string of the molecule is CSC1CCCCC1Nc1ccnc(Cl)n1. The molecular weight excluding hydrogens is 242 g/mol. The summed E-state index contributed by atoms with van der Waals surface area (Å²) in [6.45, 7) is 0. The Morgan fingerprint density at radius 1 is 1.44 bits per heavy atom. The third-order valence-electron chi connectivity index (χ3n) is 2.96. The van der Waals surface area contributed by atoms with E-state index in [1.165, 1.54) is 25.7 Å². The largest absolute Gasteiger partial charge is 0.366 e. The summed E-state index contributed by atoms with van der Waals surface area (Å²) < 4.78 is 0. The number of hydrogen-bond acceptors (Lipinski definition) is 4. The van der Waals surface area contributed by atoms with Gasteiger partial charge in [0.15, 0.2) is 0 Å². The third-order valence-corrected chi connectivity index (χ3v) is 4.32. The first kappa shape index (κ1) is 12.0. The van der Waals surface area contributed by atoms with E-state index in [4.69, 9.17) is 11.6 Å². The molecule has 88 valence electrons. The highest BCUT2D eigenvalue weighted by Crippen LogP contribution is 2.29. The average Bonchev–Trinajstić information content (AvgIpc) is 2.30. The van der Waals surface area contributed by atoms with Crippen LogP contribution in [0, 0.1) is 0 Å². The van der Waals surface area contributed by atoms with Crippen LogP contribution in [0.15, 0.2) is 12.3 Å². The lowest BCUT2D eigenvalue weighted by Gasteiger charge is -2.31. The van der Waals surface area contributed by atoms with Crippen molar-refractivity contribution in [2.24, 2.45) is 0 Å². The zero-order valence-corrected chi connectivity index (χ0v) is 10.9. The normalized spacial score (nSPS) is 25.4. The van der Waals surface area contributed by atoms with E-state index in [0.29, 0.717) is 16.6 Å². The fraction of sp³-hybridized carbons (Fsp3) is 0.636. The van der Waals surface area contributed by atoms with Gasteiger partial charge in [-0.25, -0.2) is 9.97 Å². The number of aromatic nitrogens is 2. The molecule has 3 nitrogen and oxygen atoms in total. The van der Waals surface area contributed by atoms with Crippen molar-refractivity contribution in [3.63, 3.8) is 0 Å². The first-order valence-corrected chi connectivity index (χ1v) is 7.24. The molecule has 1 aliphatic carbocycles. The summed E-state index contributed by atoms with van der Waals surface area (Å²) in [6, 6.07) is 2.38. The quantitative estimate of drug-likeness (QED) is 0.844. The predicted octanol–water partition coefficient (Wildman–Crippen LogP) is 3.22. The molecule has 1 aromatic heterocycles. The van der Waals surface area contributed by atoms with Crippen molar-refractivity contribution in [1.29, 1.82) is 0 Å². The van der Waals surface area contributed by atoms with Crippen LogP contribution in [0.3, 0.4) is 0 Å². The van der Waals surface area contributed by atoms with Crippen LogP contribution in [0.5, 0.6) is 0 Å². The highest BCUT2D eigenvalue weighted by molar-refractivity contribution is 7.99. The number of hydrogen-bond donors (Lipinski definition) is 1. The highest BCUT2D eigenvalue weighted by atomic mass is 35.5. The molecule has 1 heterocycles. The molecule has 2 unspecified atom stereocenters. The molecule has 0 bridgehead atoms. The van der Waals surface area contributed by atoms with E-state index in [0.717, 1.165) is 5.82 Å². The van der Waals surface area contributed by atoms with Crippen molar-refractivity contribution in [2.45, 2.75) is 37.0 Å². The lowest BCUT2D eigenvalue weighted by molar-refractivity contribution is 0.474. The molecule has 16 heavy (non-hydrogen) atoms. The van der Waals surface area contributed by atoms with Gasteiger partial charge in [0.05, 0.1) is 0 Å². The van der Waals surface area contributed by atoms with Crippen molar-refractivity contribution >= 4 is 29.2 Å². The molecule has 2 atom stereocenters. The maximum absolute atomic E-state index is 5.77. The second-order valence-electron chi connectivity index (χ2n) is 4.02. The summed E-state index contributed by atoms with van der Waals surface area (Å²) in [5.74, 6) is 0.839.